The number of aliphatic hydroxyl groups excluding tert-OH is 2. The first-order valence-electron chi connectivity index (χ1n) is 12.1. The van der Waals surface area contributed by atoms with Crippen LogP contribution in [0.4, 0.5) is 5.82 Å². The lowest BCUT2D eigenvalue weighted by molar-refractivity contribution is 0.0886. The van der Waals surface area contributed by atoms with Gasteiger partial charge >= 0.3 is 0 Å². The van der Waals surface area contributed by atoms with Crippen molar-refractivity contribution in [3.63, 3.8) is 0 Å². The quantitative estimate of drug-likeness (QED) is 0.241. The molecule has 4 rings (SSSR count). The zero-order chi connectivity index (χ0) is 27.9. The second-order valence-electron chi connectivity index (χ2n) is 8.76. The number of aromatic nitrogens is 2. The number of nitriles is 2. The van der Waals surface area contributed by atoms with Crippen LogP contribution in [0, 0.1) is 29.6 Å². The van der Waals surface area contributed by atoms with Crippen molar-refractivity contribution in [3.05, 3.63) is 76.7 Å². The number of hydrogen-bond acceptors (Lipinski definition) is 10. The molecule has 0 radical (unpaired) electrons. The summed E-state index contributed by atoms with van der Waals surface area (Å²) >= 11 is 1.30. The van der Waals surface area contributed by atoms with E-state index < -0.39 is 6.10 Å². The number of thioether (sulfide) groups is 1. The first-order chi connectivity index (χ1) is 18.9. The minimum absolute atomic E-state index is 0.0416. The average Bonchev–Trinajstić information content (AvgIpc) is 3.34. The second kappa shape index (κ2) is 12.5. The summed E-state index contributed by atoms with van der Waals surface area (Å²) in [5, 5.41) is 39.0. The van der Waals surface area contributed by atoms with E-state index in [1.54, 1.807) is 7.11 Å². The third-order valence-corrected chi connectivity index (χ3v) is 7.20. The van der Waals surface area contributed by atoms with Crippen LogP contribution in [0.3, 0.4) is 0 Å². The number of nitrogens with two attached hydrogens (primary N) is 1. The predicted octanol–water partition coefficient (Wildman–Crippen LogP) is 4.62. The van der Waals surface area contributed by atoms with Crippen LogP contribution in [0.25, 0.3) is 22.6 Å². The van der Waals surface area contributed by atoms with E-state index in [1.165, 1.54) is 11.8 Å². The highest BCUT2D eigenvalue weighted by Crippen LogP contribution is 2.37. The maximum absolute atomic E-state index is 10.1. The molecule has 0 saturated carbocycles. The van der Waals surface area contributed by atoms with Crippen LogP contribution >= 0.6 is 11.8 Å². The normalized spacial score (nSPS) is 11.5. The molecule has 0 aliphatic carbocycles. The van der Waals surface area contributed by atoms with Crippen molar-refractivity contribution in [1.29, 1.82) is 10.5 Å². The summed E-state index contributed by atoms with van der Waals surface area (Å²) in [4.78, 5) is 9.01. The first kappa shape index (κ1) is 27.7. The monoisotopic (exact) mass is 541 g/mol. The number of nitrogen functional groups attached to an aromatic ring is 1. The van der Waals surface area contributed by atoms with Crippen molar-refractivity contribution in [2.24, 2.45) is 0 Å². The number of methoxy groups -OCH3 is 1. The number of ether oxygens (including phenoxy) is 1. The summed E-state index contributed by atoms with van der Waals surface area (Å²) < 4.78 is 11.1. The number of anilines is 1. The molecule has 2 aromatic heterocycles. The lowest BCUT2D eigenvalue weighted by Crippen LogP contribution is -2.12. The third-order valence-electron chi connectivity index (χ3n) is 6.21. The number of nitrogens with zero attached hydrogens (tertiary/aromatic N) is 4. The van der Waals surface area contributed by atoms with Gasteiger partial charge in [0.2, 0.25) is 5.89 Å². The topological polar surface area (TPSA) is 162 Å². The Labute approximate surface area is 230 Å². The highest BCUT2D eigenvalue weighted by atomic mass is 32.2. The molecule has 1 atom stereocenters. The maximum atomic E-state index is 10.1. The summed E-state index contributed by atoms with van der Waals surface area (Å²) in [6.07, 6.45) is 0.223. The number of aliphatic hydroxyl groups is 2. The number of hydrogen-bond donors (Lipinski definition) is 3. The van der Waals surface area contributed by atoms with Gasteiger partial charge in [0.15, 0.2) is 0 Å². The van der Waals surface area contributed by atoms with Crippen LogP contribution in [-0.4, -0.2) is 40.0 Å². The smallest absolute Gasteiger partial charge is 0.226 e. The largest absolute Gasteiger partial charge is 0.497 e. The van der Waals surface area contributed by atoms with Crippen LogP contribution in [0.1, 0.15) is 34.6 Å². The highest BCUT2D eigenvalue weighted by molar-refractivity contribution is 7.98. The Kier molecular flexibility index (Phi) is 8.84. The van der Waals surface area contributed by atoms with Gasteiger partial charge in [-0.3, -0.25) is 0 Å². The molecule has 0 aliphatic rings. The minimum atomic E-state index is -0.778. The molecular weight excluding hydrogens is 514 g/mol. The van der Waals surface area contributed by atoms with Gasteiger partial charge in [0.1, 0.15) is 40.1 Å². The standard InChI is InChI=1S/C29H27N5O4S/c1-17-25(33-28(38-17)20-8-11-22(37-2)12-9-20)16-39-29-24(14-31)26(23(13-30)27(32)34-29)19-6-3-18(4-7-19)5-10-21(36)15-35/h3-4,6-9,11-12,21,35-36H,5,10,15-16H2,1-2H3,(H2,32,34)/t21-/m0/s1. The van der Waals surface area contributed by atoms with E-state index in [2.05, 4.69) is 22.1 Å². The van der Waals surface area contributed by atoms with E-state index >= 15 is 0 Å². The number of benzene rings is 2. The molecule has 0 aliphatic heterocycles. The van der Waals surface area contributed by atoms with Gasteiger partial charge < -0.3 is 25.1 Å². The Bertz CT molecular complexity index is 1540. The summed E-state index contributed by atoms with van der Waals surface area (Å²) in [6.45, 7) is 1.54. The lowest BCUT2D eigenvalue weighted by Gasteiger charge is -2.13. The lowest BCUT2D eigenvalue weighted by atomic mass is 9.95. The van der Waals surface area contributed by atoms with E-state index in [-0.39, 0.29) is 23.6 Å². The second-order valence-corrected chi connectivity index (χ2v) is 9.73. The van der Waals surface area contributed by atoms with Gasteiger partial charge in [0.25, 0.3) is 0 Å². The number of oxazole rings is 1. The average molecular weight is 542 g/mol. The Morgan fingerprint density at radius 3 is 2.31 bits per heavy atom. The van der Waals surface area contributed by atoms with E-state index in [0.29, 0.717) is 52.1 Å². The molecule has 4 N–H and O–H groups in total. The maximum Gasteiger partial charge on any atom is 0.226 e. The van der Waals surface area contributed by atoms with Crippen LogP contribution in [-0.2, 0) is 12.2 Å². The molecule has 0 amide bonds. The minimum Gasteiger partial charge on any atom is -0.497 e. The summed E-state index contributed by atoms with van der Waals surface area (Å²) in [5.41, 5.74) is 10.1. The Morgan fingerprint density at radius 2 is 1.69 bits per heavy atom. The zero-order valence-electron chi connectivity index (χ0n) is 21.5. The molecule has 198 valence electrons. The fourth-order valence-electron chi connectivity index (χ4n) is 4.01. The Morgan fingerprint density at radius 1 is 1.03 bits per heavy atom. The van der Waals surface area contributed by atoms with Crippen LogP contribution in [0.5, 0.6) is 5.75 Å². The van der Waals surface area contributed by atoms with Crippen LogP contribution in [0.15, 0.2) is 58.0 Å². The zero-order valence-corrected chi connectivity index (χ0v) is 22.3. The van der Waals surface area contributed by atoms with Gasteiger partial charge in [-0.15, -0.1) is 0 Å². The molecule has 2 aromatic carbocycles. The van der Waals surface area contributed by atoms with Gasteiger partial charge in [0, 0.05) is 16.9 Å². The summed E-state index contributed by atoms with van der Waals surface area (Å²) in [6, 6.07) is 19.1. The van der Waals surface area contributed by atoms with Crippen LogP contribution in [0.2, 0.25) is 0 Å². The van der Waals surface area contributed by atoms with Crippen molar-refractivity contribution in [3.8, 4) is 40.5 Å². The van der Waals surface area contributed by atoms with E-state index in [9.17, 15) is 15.6 Å². The molecule has 0 spiro atoms. The molecule has 10 heteroatoms. The molecule has 0 saturated heterocycles. The molecular formula is C29H27N5O4S. The fourth-order valence-corrected chi connectivity index (χ4v) is 5.01. The van der Waals surface area contributed by atoms with Gasteiger partial charge in [-0.1, -0.05) is 36.0 Å². The van der Waals surface area contributed by atoms with Gasteiger partial charge in [0.05, 0.1) is 31.1 Å². The van der Waals surface area contributed by atoms with Crippen molar-refractivity contribution < 1.29 is 19.4 Å². The molecule has 0 unspecified atom stereocenters. The van der Waals surface area contributed by atoms with E-state index in [4.69, 9.17) is 20.0 Å². The van der Waals surface area contributed by atoms with E-state index in [1.807, 2.05) is 55.5 Å². The molecule has 2 heterocycles. The van der Waals surface area contributed by atoms with Crippen molar-refractivity contribution in [2.75, 3.05) is 19.5 Å². The molecule has 39 heavy (non-hydrogen) atoms. The summed E-state index contributed by atoms with van der Waals surface area (Å²) in [7, 11) is 1.60. The molecule has 4 aromatic rings. The fraction of sp³-hybridized carbons (Fsp3) is 0.241. The Balaban J connectivity index is 1.61. The van der Waals surface area contributed by atoms with Crippen LogP contribution < -0.4 is 10.5 Å². The molecule has 0 fully saturated rings. The van der Waals surface area contributed by atoms with Crippen molar-refractivity contribution in [2.45, 2.75) is 36.6 Å². The first-order valence-corrected chi connectivity index (χ1v) is 13.1. The molecule has 0 bridgehead atoms. The number of aryl methyl sites for hydroxylation is 2. The van der Waals surface area contributed by atoms with Gasteiger partial charge in [-0.2, -0.15) is 10.5 Å². The van der Waals surface area contributed by atoms with Crippen molar-refractivity contribution in [1.82, 2.24) is 9.97 Å². The number of rotatable bonds is 10. The third kappa shape index (κ3) is 6.21. The Hall–Kier alpha value is -4.35. The SMILES string of the molecule is COc1ccc(-c2nc(CSc3nc(N)c(C#N)c(-c4ccc(CC[C@H](O)CO)cc4)c3C#N)c(C)o2)cc1. The van der Waals surface area contributed by atoms with Gasteiger partial charge in [-0.05, 0) is 55.2 Å². The predicted molar refractivity (Wildman–Crippen MR) is 148 cm³/mol. The van der Waals surface area contributed by atoms with E-state index in [0.717, 1.165) is 16.9 Å². The summed E-state index contributed by atoms with van der Waals surface area (Å²) in [5.74, 6) is 2.28. The van der Waals surface area contributed by atoms with Gasteiger partial charge in [-0.25, -0.2) is 9.97 Å². The molecule has 9 nitrogen and oxygen atoms in total. The van der Waals surface area contributed by atoms with Crippen molar-refractivity contribution >= 4 is 17.6 Å². The highest BCUT2D eigenvalue weighted by Gasteiger charge is 2.22. The number of pyridine rings is 1.